The van der Waals surface area contributed by atoms with E-state index in [0.29, 0.717) is 0 Å². The van der Waals surface area contributed by atoms with Gasteiger partial charge >= 0.3 is 0 Å². The summed E-state index contributed by atoms with van der Waals surface area (Å²) in [7, 11) is 0. The van der Waals surface area contributed by atoms with Gasteiger partial charge in [-0.3, -0.25) is 0 Å². The second kappa shape index (κ2) is 4.73. The van der Waals surface area contributed by atoms with Crippen molar-refractivity contribution in [3.05, 3.63) is 6.42 Å². The van der Waals surface area contributed by atoms with Crippen LogP contribution in [0.1, 0.15) is 38.5 Å². The zero-order valence-electron chi connectivity index (χ0n) is 6.68. The molecule has 0 aromatic carbocycles. The molecular weight excluding hydrogens is 122 g/mol. The molecule has 1 radical (unpaired) electrons. The summed E-state index contributed by atoms with van der Waals surface area (Å²) in [6, 6.07) is 0. The Bertz CT molecular complexity index is 74.8. The molecule has 1 rings (SSSR count). The summed E-state index contributed by atoms with van der Waals surface area (Å²) in [5, 5.41) is 0. The molecule has 0 heterocycles. The fourth-order valence-electron chi connectivity index (χ4n) is 1.69. The summed E-state index contributed by atoms with van der Waals surface area (Å²) in [6.07, 6.45) is 10.5. The van der Waals surface area contributed by atoms with Gasteiger partial charge in [0.1, 0.15) is 0 Å². The molecule has 0 bridgehead atoms. The Kier molecular flexibility index (Phi) is 3.81. The Morgan fingerprint density at radius 1 is 1.30 bits per heavy atom. The van der Waals surface area contributed by atoms with Gasteiger partial charge in [-0.2, -0.15) is 0 Å². The lowest BCUT2D eigenvalue weighted by molar-refractivity contribution is 0.373. The van der Waals surface area contributed by atoms with Crippen molar-refractivity contribution in [2.45, 2.75) is 38.5 Å². The highest BCUT2D eigenvalue weighted by Gasteiger charge is 2.11. The van der Waals surface area contributed by atoms with Gasteiger partial charge in [0, 0.05) is 0 Å². The molecule has 0 spiro atoms. The maximum Gasteiger partial charge on any atom is -0.00772 e. The number of hydrogen-bond donors (Lipinski definition) is 1. The lowest BCUT2D eigenvalue weighted by Gasteiger charge is -2.20. The molecule has 0 atom stereocenters. The summed E-state index contributed by atoms with van der Waals surface area (Å²) >= 11 is 0. The largest absolute Gasteiger partial charge is 0.330 e. The van der Waals surface area contributed by atoms with E-state index in [9.17, 15) is 0 Å². The minimum atomic E-state index is 0.875. The standard InChI is InChI=1S/C9H18N/c10-8-4-7-9-5-2-1-3-6-9/h1,9H,2-8,10H2. The van der Waals surface area contributed by atoms with E-state index >= 15 is 0 Å². The minimum absolute atomic E-state index is 0.875. The van der Waals surface area contributed by atoms with E-state index in [2.05, 4.69) is 6.42 Å². The molecule has 1 aliphatic rings. The first-order valence-electron chi connectivity index (χ1n) is 4.45. The van der Waals surface area contributed by atoms with Crippen LogP contribution in [0.3, 0.4) is 0 Å². The van der Waals surface area contributed by atoms with E-state index in [1.165, 1.54) is 38.5 Å². The Balaban J connectivity index is 2.02. The van der Waals surface area contributed by atoms with Gasteiger partial charge in [0.2, 0.25) is 0 Å². The topological polar surface area (TPSA) is 26.0 Å². The van der Waals surface area contributed by atoms with Crippen LogP contribution in [0.25, 0.3) is 0 Å². The van der Waals surface area contributed by atoms with E-state index in [1.54, 1.807) is 0 Å². The third-order valence-electron chi connectivity index (χ3n) is 2.37. The number of hydrogen-bond acceptors (Lipinski definition) is 1. The van der Waals surface area contributed by atoms with Crippen LogP contribution < -0.4 is 5.73 Å². The molecule has 1 aliphatic carbocycles. The van der Waals surface area contributed by atoms with Crippen LogP contribution in [0.15, 0.2) is 0 Å². The lowest BCUT2D eigenvalue weighted by Crippen LogP contribution is -2.09. The van der Waals surface area contributed by atoms with Gasteiger partial charge in [-0.25, -0.2) is 0 Å². The monoisotopic (exact) mass is 140 g/mol. The molecule has 1 heteroatoms. The van der Waals surface area contributed by atoms with Crippen molar-refractivity contribution >= 4 is 0 Å². The highest BCUT2D eigenvalue weighted by Crippen LogP contribution is 2.26. The molecule has 0 aliphatic heterocycles. The molecule has 1 nitrogen and oxygen atoms in total. The molecule has 0 aromatic rings. The van der Waals surface area contributed by atoms with E-state index in [1.807, 2.05) is 0 Å². The summed E-state index contributed by atoms with van der Waals surface area (Å²) in [5.41, 5.74) is 5.44. The van der Waals surface area contributed by atoms with Crippen molar-refractivity contribution in [3.8, 4) is 0 Å². The smallest absolute Gasteiger partial charge is 0.00772 e. The van der Waals surface area contributed by atoms with Crippen LogP contribution in [0.5, 0.6) is 0 Å². The second-order valence-corrected chi connectivity index (χ2v) is 3.24. The van der Waals surface area contributed by atoms with E-state index < -0.39 is 0 Å². The minimum Gasteiger partial charge on any atom is -0.330 e. The van der Waals surface area contributed by atoms with Gasteiger partial charge in [-0.15, -0.1) is 0 Å². The first-order valence-corrected chi connectivity index (χ1v) is 4.45. The lowest BCUT2D eigenvalue weighted by atomic mass is 9.86. The first kappa shape index (κ1) is 8.06. The second-order valence-electron chi connectivity index (χ2n) is 3.24. The molecule has 0 amide bonds. The fraction of sp³-hybridized carbons (Fsp3) is 0.889. The maximum atomic E-state index is 5.44. The zero-order chi connectivity index (χ0) is 7.23. The molecule has 0 aromatic heterocycles. The fourth-order valence-corrected chi connectivity index (χ4v) is 1.69. The highest BCUT2D eigenvalue weighted by molar-refractivity contribution is 4.76. The molecule has 1 fully saturated rings. The number of rotatable bonds is 3. The highest BCUT2D eigenvalue weighted by atomic mass is 14.5. The predicted octanol–water partition coefficient (Wildman–Crippen LogP) is 2.12. The van der Waals surface area contributed by atoms with Crippen molar-refractivity contribution in [1.82, 2.24) is 0 Å². The van der Waals surface area contributed by atoms with Gasteiger partial charge in [0.25, 0.3) is 0 Å². The quantitative estimate of drug-likeness (QED) is 0.638. The van der Waals surface area contributed by atoms with Crippen molar-refractivity contribution in [2.75, 3.05) is 6.54 Å². The van der Waals surface area contributed by atoms with Gasteiger partial charge in [0.15, 0.2) is 0 Å². The first-order chi connectivity index (χ1) is 4.93. The third-order valence-corrected chi connectivity index (χ3v) is 2.37. The van der Waals surface area contributed by atoms with Gasteiger partial charge < -0.3 is 5.73 Å². The molecule has 2 N–H and O–H groups in total. The summed E-state index contributed by atoms with van der Waals surface area (Å²) in [4.78, 5) is 0. The van der Waals surface area contributed by atoms with Crippen molar-refractivity contribution in [3.63, 3.8) is 0 Å². The molecule has 10 heavy (non-hydrogen) atoms. The zero-order valence-corrected chi connectivity index (χ0v) is 6.68. The maximum absolute atomic E-state index is 5.44. The van der Waals surface area contributed by atoms with Crippen molar-refractivity contribution in [1.29, 1.82) is 0 Å². The SMILES string of the molecule is NCCCC1CC[CH]CC1. The molecule has 1 saturated carbocycles. The van der Waals surface area contributed by atoms with Crippen LogP contribution in [-0.4, -0.2) is 6.54 Å². The summed E-state index contributed by atoms with van der Waals surface area (Å²) in [5.74, 6) is 0.994. The summed E-state index contributed by atoms with van der Waals surface area (Å²) in [6.45, 7) is 0.875. The Morgan fingerprint density at radius 2 is 2.00 bits per heavy atom. The van der Waals surface area contributed by atoms with Crippen LogP contribution >= 0.6 is 0 Å². The van der Waals surface area contributed by atoms with E-state index in [4.69, 9.17) is 5.73 Å². The van der Waals surface area contributed by atoms with Crippen LogP contribution in [-0.2, 0) is 0 Å². The predicted molar refractivity (Wildman–Crippen MR) is 44.5 cm³/mol. The van der Waals surface area contributed by atoms with Gasteiger partial charge in [-0.05, 0) is 44.6 Å². The molecule has 59 valence electrons. The van der Waals surface area contributed by atoms with E-state index in [-0.39, 0.29) is 0 Å². The molecule has 0 saturated heterocycles. The molecule has 0 unspecified atom stereocenters. The average Bonchev–Trinajstić information content (AvgIpc) is 2.03. The van der Waals surface area contributed by atoms with Crippen molar-refractivity contribution in [2.24, 2.45) is 11.7 Å². The average molecular weight is 140 g/mol. The van der Waals surface area contributed by atoms with Gasteiger partial charge in [-0.1, -0.05) is 12.8 Å². The van der Waals surface area contributed by atoms with E-state index in [0.717, 1.165) is 12.5 Å². The Hall–Kier alpha value is -0.0400. The Morgan fingerprint density at radius 3 is 2.60 bits per heavy atom. The molecular formula is C9H18N. The van der Waals surface area contributed by atoms with Crippen LogP contribution in [0, 0.1) is 12.3 Å². The van der Waals surface area contributed by atoms with Gasteiger partial charge in [0.05, 0.1) is 0 Å². The van der Waals surface area contributed by atoms with Crippen LogP contribution in [0.4, 0.5) is 0 Å². The third kappa shape index (κ3) is 2.70. The summed E-state index contributed by atoms with van der Waals surface area (Å²) < 4.78 is 0. The normalized spacial score (nSPS) is 21.3. The number of nitrogens with two attached hydrogens (primary N) is 1. The van der Waals surface area contributed by atoms with Crippen LogP contribution in [0.2, 0.25) is 0 Å². The van der Waals surface area contributed by atoms with Crippen molar-refractivity contribution < 1.29 is 0 Å². The Labute approximate surface area is 64.0 Å².